The van der Waals surface area contributed by atoms with Crippen LogP contribution < -0.4 is 5.32 Å². The highest BCUT2D eigenvalue weighted by Crippen LogP contribution is 2.19. The molecular formula is C12H24N2O4S. The molecule has 19 heavy (non-hydrogen) atoms. The van der Waals surface area contributed by atoms with Crippen molar-refractivity contribution in [2.75, 3.05) is 32.5 Å². The number of hydrogen-bond acceptors (Lipinski definition) is 4. The third-order valence-corrected chi connectivity index (χ3v) is 4.66. The maximum Gasteiger partial charge on any atom is 0.224 e. The molecule has 0 spiro atoms. The summed E-state index contributed by atoms with van der Waals surface area (Å²) in [6, 6.07) is 0. The lowest BCUT2D eigenvalue weighted by molar-refractivity contribution is -0.126. The number of aliphatic hydroxyl groups is 1. The van der Waals surface area contributed by atoms with Crippen molar-refractivity contribution in [2.45, 2.75) is 26.7 Å². The van der Waals surface area contributed by atoms with Crippen LogP contribution in [0.25, 0.3) is 0 Å². The molecule has 1 unspecified atom stereocenters. The molecule has 1 aliphatic rings. The molecule has 112 valence electrons. The Kier molecular flexibility index (Phi) is 5.34. The molecule has 1 rings (SSSR count). The molecule has 0 saturated carbocycles. The van der Waals surface area contributed by atoms with Crippen LogP contribution in [-0.4, -0.2) is 56.2 Å². The Morgan fingerprint density at radius 1 is 1.47 bits per heavy atom. The first-order chi connectivity index (χ1) is 8.65. The molecule has 1 heterocycles. The van der Waals surface area contributed by atoms with Gasteiger partial charge in [0.2, 0.25) is 15.9 Å². The van der Waals surface area contributed by atoms with Crippen LogP contribution in [0.1, 0.15) is 26.7 Å². The van der Waals surface area contributed by atoms with Crippen LogP contribution in [0, 0.1) is 11.3 Å². The molecule has 7 heteroatoms. The van der Waals surface area contributed by atoms with Gasteiger partial charge in [-0.3, -0.25) is 4.79 Å². The SMILES string of the molecule is CC(C)(CO)CNC(=O)C1CCCN(S(C)(=O)=O)C1. The predicted octanol–water partition coefficient (Wildman–Crippen LogP) is -0.207. The van der Waals surface area contributed by atoms with Crippen LogP contribution in [0.3, 0.4) is 0 Å². The van der Waals surface area contributed by atoms with E-state index in [1.54, 1.807) is 0 Å². The number of carbonyl (C=O) groups excluding carboxylic acids is 1. The van der Waals surface area contributed by atoms with Gasteiger partial charge >= 0.3 is 0 Å². The molecule has 1 saturated heterocycles. The third kappa shape index (κ3) is 5.08. The minimum atomic E-state index is -3.23. The number of amides is 1. The molecule has 0 aromatic rings. The zero-order chi connectivity index (χ0) is 14.7. The Labute approximate surface area is 115 Å². The van der Waals surface area contributed by atoms with Crippen molar-refractivity contribution >= 4 is 15.9 Å². The van der Waals surface area contributed by atoms with Crippen LogP contribution in [0.5, 0.6) is 0 Å². The fraction of sp³-hybridized carbons (Fsp3) is 0.917. The van der Waals surface area contributed by atoms with Crippen molar-refractivity contribution in [3.05, 3.63) is 0 Å². The van der Waals surface area contributed by atoms with E-state index in [4.69, 9.17) is 5.11 Å². The lowest BCUT2D eigenvalue weighted by atomic mass is 9.93. The number of carbonyl (C=O) groups is 1. The quantitative estimate of drug-likeness (QED) is 0.734. The van der Waals surface area contributed by atoms with Crippen molar-refractivity contribution in [3.8, 4) is 0 Å². The van der Waals surface area contributed by atoms with Crippen molar-refractivity contribution in [2.24, 2.45) is 11.3 Å². The molecular weight excluding hydrogens is 268 g/mol. The number of nitrogens with zero attached hydrogens (tertiary/aromatic N) is 1. The van der Waals surface area contributed by atoms with Gasteiger partial charge in [-0.25, -0.2) is 12.7 Å². The fourth-order valence-corrected chi connectivity index (χ4v) is 2.90. The van der Waals surface area contributed by atoms with Gasteiger partial charge in [-0.1, -0.05) is 13.8 Å². The van der Waals surface area contributed by atoms with Gasteiger partial charge in [0.1, 0.15) is 0 Å². The summed E-state index contributed by atoms with van der Waals surface area (Å²) in [7, 11) is -3.23. The van der Waals surface area contributed by atoms with Crippen LogP contribution in [0.4, 0.5) is 0 Å². The Morgan fingerprint density at radius 3 is 2.63 bits per heavy atom. The Hall–Kier alpha value is -0.660. The lowest BCUT2D eigenvalue weighted by Gasteiger charge is -2.31. The van der Waals surface area contributed by atoms with E-state index in [-0.39, 0.29) is 30.4 Å². The molecule has 0 aliphatic carbocycles. The van der Waals surface area contributed by atoms with Crippen LogP contribution in [-0.2, 0) is 14.8 Å². The zero-order valence-corrected chi connectivity index (χ0v) is 12.7. The summed E-state index contributed by atoms with van der Waals surface area (Å²) in [4.78, 5) is 12.0. The van der Waals surface area contributed by atoms with Crippen LogP contribution in [0.15, 0.2) is 0 Å². The second-order valence-electron chi connectivity index (χ2n) is 6.00. The number of sulfonamides is 1. The van der Waals surface area contributed by atoms with Crippen LogP contribution in [0.2, 0.25) is 0 Å². The number of hydrogen-bond donors (Lipinski definition) is 2. The molecule has 0 radical (unpaired) electrons. The first kappa shape index (κ1) is 16.4. The van der Waals surface area contributed by atoms with Gasteiger partial charge in [-0.2, -0.15) is 0 Å². The third-order valence-electron chi connectivity index (χ3n) is 3.39. The van der Waals surface area contributed by atoms with Gasteiger partial charge in [0.05, 0.1) is 12.2 Å². The van der Waals surface area contributed by atoms with Crippen molar-refractivity contribution in [1.29, 1.82) is 0 Å². The fourth-order valence-electron chi connectivity index (χ4n) is 1.98. The van der Waals surface area contributed by atoms with E-state index in [9.17, 15) is 13.2 Å². The molecule has 0 aromatic heterocycles. The molecule has 1 fully saturated rings. The van der Waals surface area contributed by atoms with E-state index in [2.05, 4.69) is 5.32 Å². The van der Waals surface area contributed by atoms with E-state index < -0.39 is 10.0 Å². The highest BCUT2D eigenvalue weighted by Gasteiger charge is 2.30. The summed E-state index contributed by atoms with van der Waals surface area (Å²) >= 11 is 0. The van der Waals surface area contributed by atoms with E-state index in [0.717, 1.165) is 0 Å². The Morgan fingerprint density at radius 2 is 2.11 bits per heavy atom. The van der Waals surface area contributed by atoms with E-state index >= 15 is 0 Å². The monoisotopic (exact) mass is 292 g/mol. The number of nitrogens with one attached hydrogen (secondary N) is 1. The normalized spacial score (nSPS) is 22.2. The topological polar surface area (TPSA) is 86.7 Å². The minimum Gasteiger partial charge on any atom is -0.396 e. The predicted molar refractivity (Wildman–Crippen MR) is 73.0 cm³/mol. The lowest BCUT2D eigenvalue weighted by Crippen LogP contribution is -2.46. The number of piperidine rings is 1. The van der Waals surface area contributed by atoms with Crippen molar-refractivity contribution in [3.63, 3.8) is 0 Å². The summed E-state index contributed by atoms with van der Waals surface area (Å²) in [6.45, 7) is 4.84. The van der Waals surface area contributed by atoms with Gasteiger partial charge in [0.15, 0.2) is 0 Å². The number of rotatable bonds is 5. The van der Waals surface area contributed by atoms with E-state index in [1.807, 2.05) is 13.8 Å². The molecule has 6 nitrogen and oxygen atoms in total. The van der Waals surface area contributed by atoms with Gasteiger partial charge in [-0.15, -0.1) is 0 Å². The molecule has 1 amide bonds. The molecule has 0 bridgehead atoms. The molecule has 1 atom stereocenters. The maximum absolute atomic E-state index is 12.0. The zero-order valence-electron chi connectivity index (χ0n) is 11.8. The summed E-state index contributed by atoms with van der Waals surface area (Å²) in [5, 5.41) is 11.9. The van der Waals surface area contributed by atoms with Crippen molar-refractivity contribution in [1.82, 2.24) is 9.62 Å². The average molecular weight is 292 g/mol. The largest absolute Gasteiger partial charge is 0.396 e. The van der Waals surface area contributed by atoms with Gasteiger partial charge in [-0.05, 0) is 12.8 Å². The van der Waals surface area contributed by atoms with E-state index in [0.29, 0.717) is 25.9 Å². The summed E-state index contributed by atoms with van der Waals surface area (Å²) in [6.07, 6.45) is 2.58. The minimum absolute atomic E-state index is 0.00654. The van der Waals surface area contributed by atoms with Gasteiger partial charge in [0.25, 0.3) is 0 Å². The second kappa shape index (κ2) is 6.19. The maximum atomic E-state index is 12.0. The van der Waals surface area contributed by atoms with Gasteiger partial charge in [0, 0.05) is 31.7 Å². The average Bonchev–Trinajstić information content (AvgIpc) is 2.35. The summed E-state index contributed by atoms with van der Waals surface area (Å²) < 4.78 is 24.3. The Bertz CT molecular complexity index is 419. The smallest absolute Gasteiger partial charge is 0.224 e. The van der Waals surface area contributed by atoms with Crippen molar-refractivity contribution < 1.29 is 18.3 Å². The number of aliphatic hydroxyl groups excluding tert-OH is 1. The molecule has 0 aromatic carbocycles. The highest BCUT2D eigenvalue weighted by molar-refractivity contribution is 7.88. The van der Waals surface area contributed by atoms with Crippen LogP contribution >= 0.6 is 0 Å². The first-order valence-electron chi connectivity index (χ1n) is 6.49. The van der Waals surface area contributed by atoms with E-state index in [1.165, 1.54) is 10.6 Å². The first-order valence-corrected chi connectivity index (χ1v) is 8.34. The standard InChI is InChI=1S/C12H24N2O4S/c1-12(2,9-15)8-13-11(16)10-5-4-6-14(7-10)19(3,17)18/h10,15H,4-9H2,1-3H3,(H,13,16). The molecule has 2 N–H and O–H groups in total. The van der Waals surface area contributed by atoms with Gasteiger partial charge < -0.3 is 10.4 Å². The highest BCUT2D eigenvalue weighted by atomic mass is 32.2. The summed E-state index contributed by atoms with van der Waals surface area (Å²) in [5.74, 6) is -0.423. The molecule has 1 aliphatic heterocycles. The summed E-state index contributed by atoms with van der Waals surface area (Å²) in [5.41, 5.74) is -0.360. The Balaban J connectivity index is 2.54. The second-order valence-corrected chi connectivity index (χ2v) is 7.98.